The molecule has 0 N–H and O–H groups in total. The van der Waals surface area contributed by atoms with E-state index in [1.807, 2.05) is 28.9 Å². The van der Waals surface area contributed by atoms with Crippen LogP contribution in [0.5, 0.6) is 0 Å². The van der Waals surface area contributed by atoms with E-state index in [0.29, 0.717) is 6.04 Å². The minimum atomic E-state index is 0.419. The molecule has 132 valence electrons. The summed E-state index contributed by atoms with van der Waals surface area (Å²) >= 11 is 1.66. The smallest absolute Gasteiger partial charge is 0.206 e. The molecule has 0 spiro atoms. The Hall–Kier alpha value is -2.53. The van der Waals surface area contributed by atoms with Gasteiger partial charge in [0.1, 0.15) is 0 Å². The van der Waals surface area contributed by atoms with Crippen LogP contribution in [0.3, 0.4) is 0 Å². The molecular formula is C21H22N4S. The zero-order valence-corrected chi connectivity index (χ0v) is 15.5. The zero-order chi connectivity index (χ0) is 17.6. The van der Waals surface area contributed by atoms with Crippen molar-refractivity contribution in [2.75, 3.05) is 0 Å². The van der Waals surface area contributed by atoms with Crippen molar-refractivity contribution in [3.8, 4) is 11.3 Å². The molecule has 0 saturated heterocycles. The minimum Gasteiger partial charge on any atom is -0.255 e. The molecule has 1 aromatic carbocycles. The van der Waals surface area contributed by atoms with E-state index in [9.17, 15) is 0 Å². The van der Waals surface area contributed by atoms with E-state index in [4.69, 9.17) is 10.1 Å². The Morgan fingerprint density at radius 1 is 1.00 bits per heavy atom. The number of hydrogen-bond donors (Lipinski definition) is 0. The highest BCUT2D eigenvalue weighted by Crippen LogP contribution is 2.22. The summed E-state index contributed by atoms with van der Waals surface area (Å²) in [6.07, 6.45) is 9.85. The highest BCUT2D eigenvalue weighted by molar-refractivity contribution is 7.07. The molecular weight excluding hydrogens is 340 g/mol. The van der Waals surface area contributed by atoms with Crippen LogP contribution in [0.2, 0.25) is 0 Å². The Morgan fingerprint density at radius 2 is 1.81 bits per heavy atom. The Bertz CT molecular complexity index is 919. The fourth-order valence-electron chi connectivity index (χ4n) is 3.24. The molecule has 1 saturated carbocycles. The third-order valence-electron chi connectivity index (χ3n) is 4.62. The maximum Gasteiger partial charge on any atom is 0.206 e. The van der Waals surface area contributed by atoms with Crippen LogP contribution in [0, 0.1) is 0 Å². The largest absolute Gasteiger partial charge is 0.255 e. The van der Waals surface area contributed by atoms with Crippen LogP contribution in [0.4, 0.5) is 0 Å². The Kier molecular flexibility index (Phi) is 5.36. The van der Waals surface area contributed by atoms with Crippen molar-refractivity contribution in [2.24, 2.45) is 10.1 Å². The lowest BCUT2D eigenvalue weighted by Gasteiger charge is -2.16. The molecule has 4 rings (SSSR count). The van der Waals surface area contributed by atoms with Gasteiger partial charge in [0, 0.05) is 17.1 Å². The van der Waals surface area contributed by atoms with Gasteiger partial charge in [-0.1, -0.05) is 55.7 Å². The first-order valence-corrected chi connectivity index (χ1v) is 10.0. The van der Waals surface area contributed by atoms with Crippen molar-refractivity contribution in [1.82, 2.24) is 9.66 Å². The number of nitrogens with zero attached hydrogens (tertiary/aromatic N) is 4. The van der Waals surface area contributed by atoms with E-state index < -0.39 is 0 Å². The lowest BCUT2D eigenvalue weighted by molar-refractivity contribution is 0.435. The Labute approximate surface area is 157 Å². The topological polar surface area (TPSA) is 42.5 Å². The van der Waals surface area contributed by atoms with Crippen molar-refractivity contribution >= 4 is 17.6 Å². The number of pyridine rings is 1. The summed E-state index contributed by atoms with van der Waals surface area (Å²) in [6, 6.07) is 16.6. The fourth-order valence-corrected chi connectivity index (χ4v) is 4.15. The second-order valence-corrected chi connectivity index (χ2v) is 7.34. The molecule has 5 heteroatoms. The molecule has 26 heavy (non-hydrogen) atoms. The second-order valence-electron chi connectivity index (χ2n) is 6.50. The molecule has 3 aromatic rings. The molecule has 0 bridgehead atoms. The first-order valence-electron chi connectivity index (χ1n) is 9.15. The minimum absolute atomic E-state index is 0.419. The third kappa shape index (κ3) is 3.99. The van der Waals surface area contributed by atoms with Crippen LogP contribution in [-0.4, -0.2) is 21.9 Å². The van der Waals surface area contributed by atoms with Crippen LogP contribution < -0.4 is 4.80 Å². The van der Waals surface area contributed by atoms with Crippen LogP contribution >= 0.6 is 11.3 Å². The SMILES string of the molecule is C(=N/n1c(-c2ccccc2)csc1=NC1CCCCC1)/c1ccccn1. The van der Waals surface area contributed by atoms with E-state index in [0.717, 1.165) is 21.8 Å². The van der Waals surface area contributed by atoms with E-state index in [1.54, 1.807) is 23.7 Å². The third-order valence-corrected chi connectivity index (χ3v) is 5.45. The highest BCUT2D eigenvalue weighted by atomic mass is 32.1. The standard InChI is InChI=1S/C21H22N4S/c1-3-9-17(10-4-1)20-16-26-21(24-18-11-5-2-6-12-18)25(20)23-15-19-13-7-8-14-22-19/h1,3-4,7-10,13-16,18H,2,5-6,11-12H2/b23-15-,24-21?. The van der Waals surface area contributed by atoms with Gasteiger partial charge in [0.05, 0.1) is 23.6 Å². The number of rotatable bonds is 4. The summed E-state index contributed by atoms with van der Waals surface area (Å²) in [7, 11) is 0. The molecule has 0 unspecified atom stereocenters. The van der Waals surface area contributed by atoms with Gasteiger partial charge in [0.25, 0.3) is 0 Å². The van der Waals surface area contributed by atoms with E-state index in [-0.39, 0.29) is 0 Å². The van der Waals surface area contributed by atoms with Crippen LogP contribution in [0.15, 0.2) is 70.2 Å². The number of benzene rings is 1. The number of aromatic nitrogens is 2. The highest BCUT2D eigenvalue weighted by Gasteiger charge is 2.13. The van der Waals surface area contributed by atoms with Crippen molar-refractivity contribution in [1.29, 1.82) is 0 Å². The molecule has 1 aliphatic carbocycles. The van der Waals surface area contributed by atoms with Gasteiger partial charge >= 0.3 is 0 Å². The quantitative estimate of drug-likeness (QED) is 0.619. The van der Waals surface area contributed by atoms with Crippen LogP contribution in [-0.2, 0) is 0 Å². The van der Waals surface area contributed by atoms with Gasteiger partial charge in [-0.3, -0.25) is 9.98 Å². The van der Waals surface area contributed by atoms with E-state index in [2.05, 4.69) is 34.6 Å². The Morgan fingerprint density at radius 3 is 2.58 bits per heavy atom. The molecule has 0 amide bonds. The van der Waals surface area contributed by atoms with Crippen LogP contribution in [0.25, 0.3) is 11.3 Å². The van der Waals surface area contributed by atoms with E-state index in [1.165, 1.54) is 32.1 Å². The molecule has 4 nitrogen and oxygen atoms in total. The van der Waals surface area contributed by atoms with Crippen molar-refractivity contribution < 1.29 is 0 Å². The maximum absolute atomic E-state index is 5.02. The van der Waals surface area contributed by atoms with Gasteiger partial charge < -0.3 is 0 Å². The molecule has 2 aromatic heterocycles. The van der Waals surface area contributed by atoms with Gasteiger partial charge in [-0.05, 0) is 25.0 Å². The average molecular weight is 363 g/mol. The van der Waals surface area contributed by atoms with Crippen molar-refractivity contribution in [3.63, 3.8) is 0 Å². The summed E-state index contributed by atoms with van der Waals surface area (Å²) in [6.45, 7) is 0. The Balaban J connectivity index is 1.75. The normalized spacial score (nSPS) is 16.4. The van der Waals surface area contributed by atoms with Gasteiger partial charge in [0.15, 0.2) is 0 Å². The summed E-state index contributed by atoms with van der Waals surface area (Å²) < 4.78 is 1.96. The number of thiazole rings is 1. The first kappa shape index (κ1) is 16.9. The maximum atomic E-state index is 5.02. The molecule has 2 heterocycles. The summed E-state index contributed by atoms with van der Waals surface area (Å²) in [5.41, 5.74) is 3.05. The van der Waals surface area contributed by atoms with Gasteiger partial charge in [-0.2, -0.15) is 5.10 Å². The lowest BCUT2D eigenvalue weighted by Crippen LogP contribution is -2.19. The fraction of sp³-hybridized carbons (Fsp3) is 0.286. The predicted molar refractivity (Wildman–Crippen MR) is 107 cm³/mol. The van der Waals surface area contributed by atoms with Crippen LogP contribution in [0.1, 0.15) is 37.8 Å². The molecule has 0 aliphatic heterocycles. The van der Waals surface area contributed by atoms with Crippen molar-refractivity contribution in [3.05, 3.63) is 70.6 Å². The molecule has 0 radical (unpaired) electrons. The average Bonchev–Trinajstić information content (AvgIpc) is 3.11. The number of hydrogen-bond acceptors (Lipinski definition) is 4. The molecule has 0 atom stereocenters. The van der Waals surface area contributed by atoms with Gasteiger partial charge in [0.2, 0.25) is 4.80 Å². The molecule has 1 fully saturated rings. The monoisotopic (exact) mass is 362 g/mol. The van der Waals surface area contributed by atoms with Crippen molar-refractivity contribution in [2.45, 2.75) is 38.1 Å². The predicted octanol–water partition coefficient (Wildman–Crippen LogP) is 4.73. The van der Waals surface area contributed by atoms with E-state index >= 15 is 0 Å². The second kappa shape index (κ2) is 8.23. The summed E-state index contributed by atoms with van der Waals surface area (Å²) in [5, 5.41) is 6.87. The lowest BCUT2D eigenvalue weighted by atomic mass is 9.96. The van der Waals surface area contributed by atoms with Gasteiger partial charge in [-0.25, -0.2) is 4.68 Å². The molecule has 1 aliphatic rings. The summed E-state index contributed by atoms with van der Waals surface area (Å²) in [4.78, 5) is 10.3. The first-order chi connectivity index (χ1) is 12.9. The zero-order valence-electron chi connectivity index (χ0n) is 14.7. The summed E-state index contributed by atoms with van der Waals surface area (Å²) in [5.74, 6) is 0. The van der Waals surface area contributed by atoms with Gasteiger partial charge in [-0.15, -0.1) is 11.3 Å².